The molecule has 3 aromatic rings. The van der Waals surface area contributed by atoms with Gasteiger partial charge in [0.25, 0.3) is 0 Å². The maximum atomic E-state index is 13.2. The molecule has 0 aromatic heterocycles. The summed E-state index contributed by atoms with van der Waals surface area (Å²) in [6, 6.07) is 23.7. The van der Waals surface area contributed by atoms with Crippen LogP contribution >= 0.6 is 0 Å². The van der Waals surface area contributed by atoms with Crippen LogP contribution in [0.3, 0.4) is 0 Å². The lowest BCUT2D eigenvalue weighted by Gasteiger charge is -2.24. The first-order valence-corrected chi connectivity index (χ1v) is 13.7. The van der Waals surface area contributed by atoms with Gasteiger partial charge in [0.15, 0.2) is 0 Å². The Morgan fingerprint density at radius 2 is 1.27 bits per heavy atom. The van der Waals surface area contributed by atoms with Gasteiger partial charge in [-0.05, 0) is 62.9 Å². The Bertz CT molecular complexity index is 1260. The summed E-state index contributed by atoms with van der Waals surface area (Å²) in [5.41, 5.74) is 2.27. The maximum Gasteiger partial charge on any atom is 0.329 e. The molecule has 218 valence electrons. The smallest absolute Gasteiger partial charge is 0.329 e. The number of esters is 2. The van der Waals surface area contributed by atoms with Gasteiger partial charge in [-0.15, -0.1) is 0 Å². The Morgan fingerprint density at radius 3 is 1.83 bits per heavy atom. The van der Waals surface area contributed by atoms with Gasteiger partial charge in [-0.2, -0.15) is 0 Å². The van der Waals surface area contributed by atoms with Gasteiger partial charge >= 0.3 is 11.9 Å². The third kappa shape index (κ3) is 10.7. The number of methoxy groups -OCH3 is 1. The van der Waals surface area contributed by atoms with Crippen molar-refractivity contribution in [3.63, 3.8) is 0 Å². The van der Waals surface area contributed by atoms with E-state index in [0.717, 1.165) is 22.4 Å². The molecule has 8 nitrogen and oxygen atoms in total. The molecule has 0 aliphatic rings. The molecule has 0 aliphatic carbocycles. The minimum absolute atomic E-state index is 0.0959. The first-order valence-electron chi connectivity index (χ1n) is 13.7. The van der Waals surface area contributed by atoms with Crippen molar-refractivity contribution in [1.29, 1.82) is 0 Å². The quantitative estimate of drug-likeness (QED) is 0.299. The highest BCUT2D eigenvalue weighted by Gasteiger charge is 2.29. The van der Waals surface area contributed by atoms with Crippen LogP contribution in [0.15, 0.2) is 84.9 Å². The van der Waals surface area contributed by atoms with E-state index < -0.39 is 36.0 Å². The van der Waals surface area contributed by atoms with Crippen molar-refractivity contribution in [2.45, 2.75) is 70.9 Å². The van der Waals surface area contributed by atoms with Crippen LogP contribution in [0.25, 0.3) is 0 Å². The number of hydrogen-bond donors (Lipinski definition) is 2. The second kappa shape index (κ2) is 15.0. The molecule has 0 saturated heterocycles. The molecule has 3 rings (SSSR count). The highest BCUT2D eigenvalue weighted by Crippen LogP contribution is 2.19. The molecule has 0 heterocycles. The van der Waals surface area contributed by atoms with Gasteiger partial charge in [-0.3, -0.25) is 14.9 Å². The fourth-order valence-corrected chi connectivity index (χ4v) is 4.18. The number of benzene rings is 3. The molecule has 0 fully saturated rings. The van der Waals surface area contributed by atoms with Gasteiger partial charge in [0, 0.05) is 6.42 Å². The minimum atomic E-state index is -0.912. The molecule has 0 saturated carbocycles. The second-order valence-electron chi connectivity index (χ2n) is 10.9. The topological polar surface area (TPSA) is 103 Å². The average molecular weight is 561 g/mol. The Hall–Kier alpha value is -4.17. The number of rotatable bonds is 13. The Labute approximate surface area is 242 Å². The van der Waals surface area contributed by atoms with Crippen LogP contribution < -0.4 is 15.4 Å². The van der Waals surface area contributed by atoms with Crippen molar-refractivity contribution in [2.24, 2.45) is 0 Å². The lowest BCUT2D eigenvalue weighted by molar-refractivity contribution is -0.149. The fourth-order valence-electron chi connectivity index (χ4n) is 4.18. The highest BCUT2D eigenvalue weighted by atomic mass is 16.5. The molecule has 1 amide bonds. The molecule has 3 atom stereocenters. The number of carbonyl (C=O) groups is 3. The first kappa shape index (κ1) is 31.4. The lowest BCUT2D eigenvalue weighted by Crippen LogP contribution is -2.54. The summed E-state index contributed by atoms with van der Waals surface area (Å²) in [4.78, 5) is 38.9. The van der Waals surface area contributed by atoms with E-state index >= 15 is 0 Å². The average Bonchev–Trinajstić information content (AvgIpc) is 2.96. The van der Waals surface area contributed by atoms with Gasteiger partial charge in [0.05, 0.1) is 13.2 Å². The van der Waals surface area contributed by atoms with Crippen molar-refractivity contribution in [2.75, 3.05) is 7.11 Å². The minimum Gasteiger partial charge on any atom is -0.488 e. The number of amides is 1. The van der Waals surface area contributed by atoms with Gasteiger partial charge in [-0.1, -0.05) is 72.8 Å². The Morgan fingerprint density at radius 1 is 0.732 bits per heavy atom. The third-order valence-electron chi connectivity index (χ3n) is 6.22. The highest BCUT2D eigenvalue weighted by molar-refractivity contribution is 5.88. The lowest BCUT2D eigenvalue weighted by atomic mass is 10.0. The summed E-state index contributed by atoms with van der Waals surface area (Å²) >= 11 is 0. The van der Waals surface area contributed by atoms with Crippen LogP contribution in [0.5, 0.6) is 5.75 Å². The molecule has 0 spiro atoms. The SMILES string of the molecule is COC(=O)[C@H](Cc1ccc(OC(C)(C)C)cc1)N[C@@H](C)C(=O)N[C@@H](Cc1ccccc1)C(=O)OCc1ccccc1. The molecule has 0 unspecified atom stereocenters. The van der Waals surface area contributed by atoms with Crippen molar-refractivity contribution >= 4 is 17.8 Å². The van der Waals surface area contributed by atoms with E-state index in [1.807, 2.05) is 106 Å². The number of hydrogen-bond acceptors (Lipinski definition) is 7. The summed E-state index contributed by atoms with van der Waals surface area (Å²) in [5, 5.41) is 5.88. The van der Waals surface area contributed by atoms with Crippen LogP contribution in [-0.4, -0.2) is 48.7 Å². The van der Waals surface area contributed by atoms with E-state index in [1.54, 1.807) is 6.92 Å². The van der Waals surface area contributed by atoms with Crippen LogP contribution in [0.2, 0.25) is 0 Å². The van der Waals surface area contributed by atoms with E-state index in [4.69, 9.17) is 14.2 Å². The molecule has 0 radical (unpaired) electrons. The zero-order valence-corrected chi connectivity index (χ0v) is 24.4. The Kier molecular flexibility index (Phi) is 11.5. The molecule has 8 heteroatoms. The van der Waals surface area contributed by atoms with E-state index in [9.17, 15) is 14.4 Å². The summed E-state index contributed by atoms with van der Waals surface area (Å²) in [6.07, 6.45) is 0.559. The molecule has 41 heavy (non-hydrogen) atoms. The zero-order chi connectivity index (χ0) is 29.8. The molecule has 2 N–H and O–H groups in total. The monoisotopic (exact) mass is 560 g/mol. The van der Waals surface area contributed by atoms with Gasteiger partial charge in [0.2, 0.25) is 5.91 Å². The number of nitrogens with one attached hydrogen (secondary N) is 2. The summed E-state index contributed by atoms with van der Waals surface area (Å²) in [6.45, 7) is 7.65. The predicted molar refractivity (Wildman–Crippen MR) is 157 cm³/mol. The van der Waals surface area contributed by atoms with Crippen molar-refractivity contribution in [1.82, 2.24) is 10.6 Å². The molecule has 0 bridgehead atoms. The first-order chi connectivity index (χ1) is 19.5. The standard InChI is InChI=1S/C33H40N2O6/c1-23(34-28(31(37)39-5)21-25-16-18-27(19-17-25)41-33(2,3)4)30(36)35-29(20-24-12-8-6-9-13-24)32(38)40-22-26-14-10-7-11-15-26/h6-19,23,28-29,34H,20-22H2,1-5H3,(H,35,36)/t23-,28-,29-/m0/s1. The van der Waals surface area contributed by atoms with Gasteiger partial charge in [0.1, 0.15) is 30.0 Å². The molecular formula is C33H40N2O6. The second-order valence-corrected chi connectivity index (χ2v) is 10.9. The van der Waals surface area contributed by atoms with E-state index in [-0.39, 0.29) is 18.6 Å². The number of carbonyl (C=O) groups excluding carboxylic acids is 3. The van der Waals surface area contributed by atoms with Gasteiger partial charge in [-0.25, -0.2) is 4.79 Å². The summed E-state index contributed by atoms with van der Waals surface area (Å²) < 4.78 is 16.4. The van der Waals surface area contributed by atoms with Crippen LogP contribution in [0.4, 0.5) is 0 Å². The Balaban J connectivity index is 1.67. The normalized spacial score (nSPS) is 13.4. The molecule has 3 aromatic carbocycles. The molecular weight excluding hydrogens is 520 g/mol. The van der Waals surface area contributed by atoms with E-state index in [1.165, 1.54) is 7.11 Å². The third-order valence-corrected chi connectivity index (χ3v) is 6.22. The largest absolute Gasteiger partial charge is 0.488 e. The van der Waals surface area contributed by atoms with Gasteiger partial charge < -0.3 is 19.5 Å². The van der Waals surface area contributed by atoms with Crippen molar-refractivity contribution < 1.29 is 28.6 Å². The van der Waals surface area contributed by atoms with E-state index in [0.29, 0.717) is 6.42 Å². The van der Waals surface area contributed by atoms with Crippen LogP contribution in [-0.2, 0) is 43.3 Å². The molecule has 0 aliphatic heterocycles. The fraction of sp³-hybridized carbons (Fsp3) is 0.364. The summed E-state index contributed by atoms with van der Waals surface area (Å²) in [5.74, 6) is -0.756. The number of ether oxygens (including phenoxy) is 3. The van der Waals surface area contributed by atoms with Crippen LogP contribution in [0.1, 0.15) is 44.4 Å². The van der Waals surface area contributed by atoms with E-state index in [2.05, 4.69) is 10.6 Å². The maximum absolute atomic E-state index is 13.2. The summed E-state index contributed by atoms with van der Waals surface area (Å²) in [7, 11) is 1.31. The van der Waals surface area contributed by atoms with Crippen molar-refractivity contribution in [3.8, 4) is 5.75 Å². The van der Waals surface area contributed by atoms with Crippen LogP contribution in [0, 0.1) is 0 Å². The zero-order valence-electron chi connectivity index (χ0n) is 24.4. The van der Waals surface area contributed by atoms with Crippen molar-refractivity contribution in [3.05, 3.63) is 102 Å². The predicted octanol–water partition coefficient (Wildman–Crippen LogP) is 4.40.